The molecule has 0 radical (unpaired) electrons. The lowest BCUT2D eigenvalue weighted by Gasteiger charge is -2.15. The van der Waals surface area contributed by atoms with Crippen molar-refractivity contribution in [3.8, 4) is 0 Å². The lowest BCUT2D eigenvalue weighted by Crippen LogP contribution is -2.29. The predicted octanol–water partition coefficient (Wildman–Crippen LogP) is 3.25. The van der Waals surface area contributed by atoms with E-state index in [1.807, 2.05) is 20.8 Å². The average Bonchev–Trinajstić information content (AvgIpc) is 2.42. The first-order chi connectivity index (χ1) is 9.52. The number of amides is 1. The number of hydrogen-bond acceptors (Lipinski definition) is 2. The lowest BCUT2D eigenvalue weighted by molar-refractivity contribution is -0.121. The van der Waals surface area contributed by atoms with Gasteiger partial charge in [0, 0.05) is 13.0 Å². The number of benzene rings is 1. The van der Waals surface area contributed by atoms with Crippen LogP contribution in [-0.2, 0) is 9.53 Å². The SMILES string of the molecule is CCC(CC(=O)NCCOC(C)C)c1ccc(F)cc1. The monoisotopic (exact) mass is 281 g/mol. The highest BCUT2D eigenvalue weighted by Crippen LogP contribution is 2.23. The van der Waals surface area contributed by atoms with Crippen molar-refractivity contribution >= 4 is 5.91 Å². The maximum Gasteiger partial charge on any atom is 0.220 e. The molecule has 1 unspecified atom stereocenters. The van der Waals surface area contributed by atoms with Gasteiger partial charge in [0.25, 0.3) is 0 Å². The maximum atomic E-state index is 12.9. The summed E-state index contributed by atoms with van der Waals surface area (Å²) in [6.07, 6.45) is 1.44. The summed E-state index contributed by atoms with van der Waals surface area (Å²) < 4.78 is 18.3. The third kappa shape index (κ3) is 6.15. The van der Waals surface area contributed by atoms with Gasteiger partial charge in [-0.3, -0.25) is 4.79 Å². The van der Waals surface area contributed by atoms with E-state index in [9.17, 15) is 9.18 Å². The molecule has 1 aromatic rings. The van der Waals surface area contributed by atoms with Gasteiger partial charge in [-0.2, -0.15) is 0 Å². The molecule has 1 atom stereocenters. The Hall–Kier alpha value is -1.42. The van der Waals surface area contributed by atoms with E-state index in [1.165, 1.54) is 12.1 Å². The van der Waals surface area contributed by atoms with Gasteiger partial charge in [0.05, 0.1) is 12.7 Å². The van der Waals surface area contributed by atoms with Crippen molar-refractivity contribution in [1.82, 2.24) is 5.32 Å². The number of ether oxygens (including phenoxy) is 1. The first kappa shape index (κ1) is 16.6. The summed E-state index contributed by atoms with van der Waals surface area (Å²) >= 11 is 0. The van der Waals surface area contributed by atoms with Gasteiger partial charge in [0.15, 0.2) is 0 Å². The van der Waals surface area contributed by atoms with Crippen LogP contribution in [0.15, 0.2) is 24.3 Å². The Morgan fingerprint density at radius 2 is 1.95 bits per heavy atom. The number of hydrogen-bond donors (Lipinski definition) is 1. The van der Waals surface area contributed by atoms with Gasteiger partial charge in [-0.05, 0) is 43.9 Å². The molecule has 1 N–H and O–H groups in total. The molecule has 0 aliphatic heterocycles. The summed E-state index contributed by atoms with van der Waals surface area (Å²) in [5.74, 6) is -0.117. The van der Waals surface area contributed by atoms with Gasteiger partial charge in [0.2, 0.25) is 5.91 Å². The van der Waals surface area contributed by atoms with Gasteiger partial charge in [-0.1, -0.05) is 19.1 Å². The Labute approximate surface area is 120 Å². The minimum Gasteiger partial charge on any atom is -0.377 e. The van der Waals surface area contributed by atoms with Gasteiger partial charge in [-0.25, -0.2) is 4.39 Å². The Kier molecular flexibility index (Phi) is 7.23. The van der Waals surface area contributed by atoms with E-state index in [0.717, 1.165) is 12.0 Å². The number of rotatable bonds is 8. The number of carbonyl (C=O) groups is 1. The molecule has 3 nitrogen and oxygen atoms in total. The van der Waals surface area contributed by atoms with E-state index < -0.39 is 0 Å². The van der Waals surface area contributed by atoms with Crippen LogP contribution in [0.2, 0.25) is 0 Å². The third-order valence-electron chi connectivity index (χ3n) is 3.14. The predicted molar refractivity (Wildman–Crippen MR) is 78.1 cm³/mol. The molecule has 0 fully saturated rings. The molecule has 112 valence electrons. The fourth-order valence-electron chi connectivity index (χ4n) is 2.01. The van der Waals surface area contributed by atoms with Crippen LogP contribution in [0.3, 0.4) is 0 Å². The van der Waals surface area contributed by atoms with Gasteiger partial charge >= 0.3 is 0 Å². The smallest absolute Gasteiger partial charge is 0.220 e. The first-order valence-corrected chi connectivity index (χ1v) is 7.16. The Morgan fingerprint density at radius 3 is 2.50 bits per heavy atom. The number of nitrogens with one attached hydrogen (secondary N) is 1. The van der Waals surface area contributed by atoms with Gasteiger partial charge in [0.1, 0.15) is 5.82 Å². The fraction of sp³-hybridized carbons (Fsp3) is 0.562. The molecule has 4 heteroatoms. The van der Waals surface area contributed by atoms with Gasteiger partial charge < -0.3 is 10.1 Å². The molecule has 1 amide bonds. The molecule has 0 aliphatic rings. The molecule has 0 bridgehead atoms. The highest BCUT2D eigenvalue weighted by Gasteiger charge is 2.14. The zero-order valence-corrected chi connectivity index (χ0v) is 12.5. The minimum absolute atomic E-state index is 0.00790. The van der Waals surface area contributed by atoms with Crippen molar-refractivity contribution in [2.24, 2.45) is 0 Å². The van der Waals surface area contributed by atoms with E-state index in [4.69, 9.17) is 4.74 Å². The van der Waals surface area contributed by atoms with Crippen molar-refractivity contribution in [2.75, 3.05) is 13.2 Å². The zero-order chi connectivity index (χ0) is 15.0. The maximum absolute atomic E-state index is 12.9. The lowest BCUT2D eigenvalue weighted by atomic mass is 9.93. The highest BCUT2D eigenvalue weighted by molar-refractivity contribution is 5.76. The summed E-state index contributed by atoms with van der Waals surface area (Å²) in [5, 5.41) is 2.85. The second-order valence-corrected chi connectivity index (χ2v) is 5.13. The van der Waals surface area contributed by atoms with Gasteiger partial charge in [-0.15, -0.1) is 0 Å². The molecular weight excluding hydrogens is 257 g/mol. The van der Waals surface area contributed by atoms with E-state index in [2.05, 4.69) is 5.32 Å². The number of carbonyl (C=O) groups excluding carboxylic acids is 1. The molecule has 0 heterocycles. The summed E-state index contributed by atoms with van der Waals surface area (Å²) in [7, 11) is 0. The molecule has 20 heavy (non-hydrogen) atoms. The second kappa shape index (κ2) is 8.69. The molecule has 1 rings (SSSR count). The summed E-state index contributed by atoms with van der Waals surface area (Å²) in [6.45, 7) is 7.00. The van der Waals surface area contributed by atoms with Crippen molar-refractivity contribution in [1.29, 1.82) is 0 Å². The Balaban J connectivity index is 2.40. The Bertz CT molecular complexity index is 403. The van der Waals surface area contributed by atoms with Crippen molar-refractivity contribution in [3.63, 3.8) is 0 Å². The first-order valence-electron chi connectivity index (χ1n) is 7.16. The average molecular weight is 281 g/mol. The van der Waals surface area contributed by atoms with Crippen LogP contribution in [0.1, 0.15) is 45.1 Å². The normalized spacial score (nSPS) is 12.4. The van der Waals surface area contributed by atoms with E-state index in [0.29, 0.717) is 19.6 Å². The van der Waals surface area contributed by atoms with E-state index in [-0.39, 0.29) is 23.7 Å². The third-order valence-corrected chi connectivity index (χ3v) is 3.14. The highest BCUT2D eigenvalue weighted by atomic mass is 19.1. The van der Waals surface area contributed by atoms with Crippen molar-refractivity contribution in [3.05, 3.63) is 35.6 Å². The van der Waals surface area contributed by atoms with Crippen LogP contribution in [0.25, 0.3) is 0 Å². The van der Waals surface area contributed by atoms with Crippen molar-refractivity contribution < 1.29 is 13.9 Å². The molecule has 0 spiro atoms. The summed E-state index contributed by atoms with van der Waals surface area (Å²) in [6, 6.07) is 6.37. The quantitative estimate of drug-likeness (QED) is 0.743. The molecule has 0 saturated heterocycles. The largest absolute Gasteiger partial charge is 0.377 e. The molecule has 0 saturated carbocycles. The summed E-state index contributed by atoms with van der Waals surface area (Å²) in [4.78, 5) is 11.9. The topological polar surface area (TPSA) is 38.3 Å². The van der Waals surface area contributed by atoms with Crippen LogP contribution in [0, 0.1) is 5.82 Å². The second-order valence-electron chi connectivity index (χ2n) is 5.13. The zero-order valence-electron chi connectivity index (χ0n) is 12.5. The molecule has 0 aromatic heterocycles. The van der Waals surface area contributed by atoms with Crippen LogP contribution in [0.4, 0.5) is 4.39 Å². The van der Waals surface area contributed by atoms with Crippen molar-refractivity contribution in [2.45, 2.75) is 45.6 Å². The van der Waals surface area contributed by atoms with Crippen LogP contribution >= 0.6 is 0 Å². The standard InChI is InChI=1S/C16H24FNO2/c1-4-13(14-5-7-15(17)8-6-14)11-16(19)18-9-10-20-12(2)3/h5-8,12-13H,4,9-11H2,1-3H3,(H,18,19). The van der Waals surface area contributed by atoms with Crippen LogP contribution in [0.5, 0.6) is 0 Å². The summed E-state index contributed by atoms with van der Waals surface area (Å²) in [5.41, 5.74) is 1.00. The van der Waals surface area contributed by atoms with Crippen LogP contribution in [-0.4, -0.2) is 25.2 Å². The molecular formula is C16H24FNO2. The fourth-order valence-corrected chi connectivity index (χ4v) is 2.01. The molecule has 0 aliphatic carbocycles. The Morgan fingerprint density at radius 1 is 1.30 bits per heavy atom. The molecule has 1 aromatic carbocycles. The van der Waals surface area contributed by atoms with E-state index in [1.54, 1.807) is 12.1 Å². The minimum atomic E-state index is -0.251. The van der Waals surface area contributed by atoms with Crippen LogP contribution < -0.4 is 5.32 Å². The number of halogens is 1. The van der Waals surface area contributed by atoms with E-state index >= 15 is 0 Å².